The molecule has 0 N–H and O–H groups in total. The minimum absolute atomic E-state index is 0.0656. The first-order valence-electron chi connectivity index (χ1n) is 27.1. The van der Waals surface area contributed by atoms with E-state index in [1.54, 1.807) is 0 Å². The summed E-state index contributed by atoms with van der Waals surface area (Å²) in [6.07, 6.45) is 46.8. The number of hydrogen-bond acceptors (Lipinski definition) is 6. The third-order valence-electron chi connectivity index (χ3n) is 12.8. The molecular weight excluding hydrogens is 757 g/mol. The lowest BCUT2D eigenvalue weighted by atomic mass is 9.99. The molecule has 0 aliphatic rings. The second kappa shape index (κ2) is 46.4. The second-order valence-electron chi connectivity index (χ2n) is 20.1. The Balaban J connectivity index is 4.20. The van der Waals surface area contributed by atoms with E-state index in [-0.39, 0.29) is 31.1 Å². The van der Waals surface area contributed by atoms with E-state index in [0.29, 0.717) is 19.3 Å². The van der Waals surface area contributed by atoms with Crippen molar-refractivity contribution >= 4 is 17.9 Å². The second-order valence-corrected chi connectivity index (χ2v) is 20.1. The molecule has 362 valence electrons. The van der Waals surface area contributed by atoms with Crippen molar-refractivity contribution in [2.75, 3.05) is 13.2 Å². The number of unbranched alkanes of at least 4 members (excludes halogenated alkanes) is 30. The Labute approximate surface area is 380 Å². The van der Waals surface area contributed by atoms with Crippen LogP contribution in [0.25, 0.3) is 0 Å². The van der Waals surface area contributed by atoms with Crippen LogP contribution in [0.5, 0.6) is 0 Å². The van der Waals surface area contributed by atoms with E-state index in [2.05, 4.69) is 41.5 Å². The van der Waals surface area contributed by atoms with Gasteiger partial charge in [0, 0.05) is 19.3 Å². The Bertz CT molecular complexity index is 947. The fraction of sp³-hybridized carbons (Fsp3) is 0.945. The molecule has 0 fully saturated rings. The molecule has 0 aliphatic heterocycles. The molecule has 0 aliphatic carbocycles. The Kier molecular flexibility index (Phi) is 45.2. The Morgan fingerprint density at radius 3 is 0.852 bits per heavy atom. The van der Waals surface area contributed by atoms with Gasteiger partial charge in [-0.1, -0.05) is 260 Å². The first kappa shape index (κ1) is 59.4. The molecule has 0 spiro atoms. The minimum atomic E-state index is -0.763. The van der Waals surface area contributed by atoms with Crippen molar-refractivity contribution < 1.29 is 28.6 Å². The highest BCUT2D eigenvalue weighted by molar-refractivity contribution is 5.71. The van der Waals surface area contributed by atoms with Crippen molar-refractivity contribution in [3.05, 3.63) is 0 Å². The molecule has 0 bridgehead atoms. The van der Waals surface area contributed by atoms with Crippen LogP contribution in [0.3, 0.4) is 0 Å². The molecule has 6 nitrogen and oxygen atoms in total. The summed E-state index contributed by atoms with van der Waals surface area (Å²) in [4.78, 5) is 37.9. The standard InChI is InChI=1S/C55H106O6/c1-7-51(6)43-37-31-25-18-16-14-12-10-8-9-11-13-15-17-19-27-34-40-46-55(58)61-52(48-60-54(57)45-39-33-28-22-24-30-36-42-50(4)5)47-59-53(56)44-38-32-26-21-20-23-29-35-41-49(2)3/h49-52H,7-48H2,1-6H3/t51?,52-/m0/s1. The molecule has 0 saturated heterocycles. The molecule has 0 aromatic rings. The lowest BCUT2D eigenvalue weighted by Gasteiger charge is -2.18. The van der Waals surface area contributed by atoms with Crippen LogP contribution in [0.2, 0.25) is 0 Å². The van der Waals surface area contributed by atoms with Gasteiger partial charge in [-0.15, -0.1) is 0 Å². The fourth-order valence-electron chi connectivity index (χ4n) is 8.26. The zero-order valence-electron chi connectivity index (χ0n) is 42.0. The summed E-state index contributed by atoms with van der Waals surface area (Å²) in [5, 5.41) is 0. The molecule has 2 atom stereocenters. The van der Waals surface area contributed by atoms with Crippen molar-refractivity contribution in [2.45, 2.75) is 304 Å². The van der Waals surface area contributed by atoms with Crippen molar-refractivity contribution in [3.63, 3.8) is 0 Å². The SMILES string of the molecule is CCC(C)CCCCCCCCCCCCCCCCCCCCC(=O)O[C@@H](COC(=O)CCCCCCCCCCC(C)C)COC(=O)CCCCCCCCCC(C)C. The van der Waals surface area contributed by atoms with E-state index in [4.69, 9.17) is 14.2 Å². The number of carbonyl (C=O) groups is 3. The number of ether oxygens (including phenoxy) is 3. The smallest absolute Gasteiger partial charge is 0.306 e. The highest BCUT2D eigenvalue weighted by Gasteiger charge is 2.19. The summed E-state index contributed by atoms with van der Waals surface area (Å²) in [5.74, 6) is 1.63. The fourth-order valence-corrected chi connectivity index (χ4v) is 8.26. The Morgan fingerprint density at radius 1 is 0.328 bits per heavy atom. The van der Waals surface area contributed by atoms with Crippen LogP contribution < -0.4 is 0 Å². The van der Waals surface area contributed by atoms with Crippen molar-refractivity contribution in [3.8, 4) is 0 Å². The predicted molar refractivity (Wildman–Crippen MR) is 261 cm³/mol. The average molecular weight is 863 g/mol. The summed E-state index contributed by atoms with van der Waals surface area (Å²) in [7, 11) is 0. The van der Waals surface area contributed by atoms with Gasteiger partial charge in [-0.3, -0.25) is 14.4 Å². The topological polar surface area (TPSA) is 78.9 Å². The average Bonchev–Trinajstić information content (AvgIpc) is 3.23. The van der Waals surface area contributed by atoms with Gasteiger partial charge in [-0.2, -0.15) is 0 Å². The van der Waals surface area contributed by atoms with Crippen LogP contribution in [-0.4, -0.2) is 37.2 Å². The summed E-state index contributed by atoms with van der Waals surface area (Å²) in [5.41, 5.74) is 0. The highest BCUT2D eigenvalue weighted by atomic mass is 16.6. The Hall–Kier alpha value is -1.59. The third kappa shape index (κ3) is 47.7. The van der Waals surface area contributed by atoms with Gasteiger partial charge in [0.25, 0.3) is 0 Å². The largest absolute Gasteiger partial charge is 0.462 e. The first-order valence-corrected chi connectivity index (χ1v) is 27.1. The van der Waals surface area contributed by atoms with Gasteiger partial charge in [0.1, 0.15) is 13.2 Å². The zero-order valence-corrected chi connectivity index (χ0v) is 42.0. The summed E-state index contributed by atoms with van der Waals surface area (Å²) < 4.78 is 16.8. The summed E-state index contributed by atoms with van der Waals surface area (Å²) in [6.45, 7) is 13.7. The number of rotatable bonds is 48. The lowest BCUT2D eigenvalue weighted by molar-refractivity contribution is -0.167. The summed E-state index contributed by atoms with van der Waals surface area (Å²) in [6, 6.07) is 0. The van der Waals surface area contributed by atoms with E-state index < -0.39 is 6.10 Å². The Morgan fingerprint density at radius 2 is 0.574 bits per heavy atom. The van der Waals surface area contributed by atoms with Crippen molar-refractivity contribution in [1.29, 1.82) is 0 Å². The zero-order chi connectivity index (χ0) is 44.9. The molecule has 61 heavy (non-hydrogen) atoms. The van der Waals surface area contributed by atoms with Gasteiger partial charge in [0.2, 0.25) is 0 Å². The van der Waals surface area contributed by atoms with Gasteiger partial charge in [-0.05, 0) is 37.0 Å². The monoisotopic (exact) mass is 863 g/mol. The molecule has 0 aromatic heterocycles. The van der Waals surface area contributed by atoms with E-state index >= 15 is 0 Å². The van der Waals surface area contributed by atoms with Crippen LogP contribution in [0.1, 0.15) is 298 Å². The predicted octanol–water partition coefficient (Wildman–Crippen LogP) is 17.6. The minimum Gasteiger partial charge on any atom is -0.462 e. The van der Waals surface area contributed by atoms with E-state index in [0.717, 1.165) is 75.5 Å². The molecule has 1 unspecified atom stereocenters. The van der Waals surface area contributed by atoms with Crippen LogP contribution in [-0.2, 0) is 28.6 Å². The first-order chi connectivity index (χ1) is 29.6. The van der Waals surface area contributed by atoms with Crippen LogP contribution >= 0.6 is 0 Å². The van der Waals surface area contributed by atoms with Gasteiger partial charge >= 0.3 is 17.9 Å². The van der Waals surface area contributed by atoms with E-state index in [9.17, 15) is 14.4 Å². The molecule has 0 radical (unpaired) electrons. The number of esters is 3. The van der Waals surface area contributed by atoms with Crippen LogP contribution in [0.4, 0.5) is 0 Å². The highest BCUT2D eigenvalue weighted by Crippen LogP contribution is 2.18. The van der Waals surface area contributed by atoms with Crippen LogP contribution in [0, 0.1) is 17.8 Å². The van der Waals surface area contributed by atoms with E-state index in [1.165, 1.54) is 180 Å². The third-order valence-corrected chi connectivity index (χ3v) is 12.8. The summed E-state index contributed by atoms with van der Waals surface area (Å²) >= 11 is 0. The van der Waals surface area contributed by atoms with Gasteiger partial charge in [0.05, 0.1) is 0 Å². The van der Waals surface area contributed by atoms with Crippen LogP contribution in [0.15, 0.2) is 0 Å². The quantitative estimate of drug-likeness (QED) is 0.0344. The lowest BCUT2D eigenvalue weighted by Crippen LogP contribution is -2.30. The maximum atomic E-state index is 12.8. The van der Waals surface area contributed by atoms with Crippen molar-refractivity contribution in [1.82, 2.24) is 0 Å². The number of hydrogen-bond donors (Lipinski definition) is 0. The van der Waals surface area contributed by atoms with Gasteiger partial charge in [0.15, 0.2) is 6.10 Å². The normalized spacial score (nSPS) is 12.6. The molecule has 0 saturated carbocycles. The van der Waals surface area contributed by atoms with Crippen molar-refractivity contribution in [2.24, 2.45) is 17.8 Å². The molecule has 0 heterocycles. The molecule has 0 amide bonds. The van der Waals surface area contributed by atoms with Gasteiger partial charge < -0.3 is 14.2 Å². The van der Waals surface area contributed by atoms with E-state index in [1.807, 2.05) is 0 Å². The van der Waals surface area contributed by atoms with Gasteiger partial charge in [-0.25, -0.2) is 0 Å². The molecule has 6 heteroatoms. The number of carbonyl (C=O) groups excluding carboxylic acids is 3. The maximum absolute atomic E-state index is 12.8. The molecule has 0 aromatic carbocycles. The molecular formula is C55H106O6. The maximum Gasteiger partial charge on any atom is 0.306 e. The molecule has 0 rings (SSSR count).